The molecule has 6 nitrogen and oxygen atoms in total. The van der Waals surface area contributed by atoms with Gasteiger partial charge < -0.3 is 0 Å². The zero-order valence-corrected chi connectivity index (χ0v) is 18.1. The number of carbonyl (C=O) groups is 2. The predicted molar refractivity (Wildman–Crippen MR) is 126 cm³/mol. The lowest BCUT2D eigenvalue weighted by atomic mass is 9.90. The molecule has 3 aromatic carbocycles. The Morgan fingerprint density at radius 2 is 1.42 bits per heavy atom. The summed E-state index contributed by atoms with van der Waals surface area (Å²) in [5.41, 5.74) is 2.65. The minimum Gasteiger partial charge on any atom is -0.273 e. The van der Waals surface area contributed by atoms with Crippen molar-refractivity contribution in [3.8, 4) is 0 Å². The summed E-state index contributed by atoms with van der Waals surface area (Å²) in [6.07, 6.45) is -0.953. The summed E-state index contributed by atoms with van der Waals surface area (Å²) in [6, 6.07) is 27.3. The molecule has 2 aliphatic heterocycles. The normalized spacial score (nSPS) is 22.3. The Labute approximate surface area is 194 Å². The summed E-state index contributed by atoms with van der Waals surface area (Å²) < 4.78 is 0. The Bertz CT molecular complexity index is 1380. The molecule has 1 aromatic heterocycles. The van der Waals surface area contributed by atoms with E-state index in [9.17, 15) is 9.59 Å². The maximum Gasteiger partial charge on any atom is 0.266 e. The van der Waals surface area contributed by atoms with Crippen molar-refractivity contribution in [1.29, 1.82) is 0 Å². The molecule has 162 valence electrons. The second-order valence-electron chi connectivity index (χ2n) is 8.07. The van der Waals surface area contributed by atoms with E-state index in [2.05, 4.69) is 4.98 Å². The lowest BCUT2D eigenvalue weighted by Crippen LogP contribution is -2.37. The third-order valence-electron chi connectivity index (χ3n) is 6.16. The summed E-state index contributed by atoms with van der Waals surface area (Å²) in [5.74, 6) is -1.47. The van der Waals surface area contributed by atoms with Crippen LogP contribution < -0.4 is 9.96 Å². The van der Waals surface area contributed by atoms with Crippen LogP contribution in [0.25, 0.3) is 10.9 Å². The molecule has 2 saturated heterocycles. The lowest BCUT2D eigenvalue weighted by molar-refractivity contribution is -0.126. The van der Waals surface area contributed by atoms with Crippen LogP contribution >= 0.6 is 11.6 Å². The summed E-state index contributed by atoms with van der Waals surface area (Å²) >= 11 is 6.66. The van der Waals surface area contributed by atoms with Crippen LogP contribution in [0, 0.1) is 5.92 Å². The number of anilines is 2. The quantitative estimate of drug-likeness (QED) is 0.323. The van der Waals surface area contributed by atoms with E-state index in [1.165, 1.54) is 4.90 Å². The van der Waals surface area contributed by atoms with E-state index in [1.54, 1.807) is 29.3 Å². The van der Waals surface area contributed by atoms with Crippen LogP contribution in [0.2, 0.25) is 5.15 Å². The van der Waals surface area contributed by atoms with Gasteiger partial charge in [-0.1, -0.05) is 66.2 Å². The number of rotatable bonds is 3. The van der Waals surface area contributed by atoms with E-state index in [4.69, 9.17) is 16.4 Å². The fraction of sp³-hybridized carbons (Fsp3) is 0.115. The standard InChI is InChI=1S/C26H18ClN3O3/c27-24-19(15-16-9-7-8-14-20(16)28-24)22-21-23(33-30(22)18-12-5-2-6-13-18)26(32)29(25(21)31)17-10-3-1-4-11-17/h1-15,21-23H/t21-,22+,23+/m0/s1. The van der Waals surface area contributed by atoms with Gasteiger partial charge in [-0.25, -0.2) is 14.9 Å². The van der Waals surface area contributed by atoms with Crippen molar-refractivity contribution in [2.75, 3.05) is 9.96 Å². The monoisotopic (exact) mass is 455 g/mol. The molecule has 0 unspecified atom stereocenters. The third kappa shape index (κ3) is 3.10. The van der Waals surface area contributed by atoms with Crippen molar-refractivity contribution >= 4 is 45.7 Å². The number of imide groups is 1. The number of hydrogen-bond acceptors (Lipinski definition) is 5. The first-order valence-corrected chi connectivity index (χ1v) is 11.0. The molecule has 0 radical (unpaired) electrons. The van der Waals surface area contributed by atoms with Crippen LogP contribution in [0.4, 0.5) is 11.4 Å². The summed E-state index contributed by atoms with van der Waals surface area (Å²) in [6.45, 7) is 0. The van der Waals surface area contributed by atoms with Gasteiger partial charge in [-0.2, -0.15) is 0 Å². The van der Waals surface area contributed by atoms with Gasteiger partial charge in [-0.05, 0) is 36.4 Å². The Hall–Kier alpha value is -3.74. The smallest absolute Gasteiger partial charge is 0.266 e. The van der Waals surface area contributed by atoms with Gasteiger partial charge in [0.25, 0.3) is 5.91 Å². The first-order valence-electron chi connectivity index (χ1n) is 10.6. The van der Waals surface area contributed by atoms with Gasteiger partial charge in [0, 0.05) is 10.9 Å². The molecule has 2 fully saturated rings. The van der Waals surface area contributed by atoms with E-state index in [0.717, 1.165) is 16.6 Å². The van der Waals surface area contributed by atoms with E-state index >= 15 is 0 Å². The van der Waals surface area contributed by atoms with E-state index in [-0.39, 0.29) is 17.0 Å². The molecular weight excluding hydrogens is 438 g/mol. The first-order chi connectivity index (χ1) is 16.1. The summed E-state index contributed by atoms with van der Waals surface area (Å²) in [4.78, 5) is 39.0. The molecule has 33 heavy (non-hydrogen) atoms. The first kappa shape index (κ1) is 19.9. The van der Waals surface area contributed by atoms with Crippen LogP contribution in [0.15, 0.2) is 91.0 Å². The van der Waals surface area contributed by atoms with Crippen LogP contribution in [-0.2, 0) is 14.4 Å². The summed E-state index contributed by atoms with van der Waals surface area (Å²) in [7, 11) is 0. The number of halogens is 1. The van der Waals surface area contributed by atoms with E-state index < -0.39 is 18.1 Å². The molecular formula is C26H18ClN3O3. The lowest BCUT2D eigenvalue weighted by Gasteiger charge is -2.29. The van der Waals surface area contributed by atoms with Gasteiger partial charge in [-0.15, -0.1) is 0 Å². The maximum atomic E-state index is 13.7. The van der Waals surface area contributed by atoms with E-state index in [0.29, 0.717) is 11.3 Å². The topological polar surface area (TPSA) is 62.7 Å². The second kappa shape index (κ2) is 7.69. The molecule has 6 rings (SSSR count). The Morgan fingerprint density at radius 1 is 0.788 bits per heavy atom. The second-order valence-corrected chi connectivity index (χ2v) is 8.42. The minimum absolute atomic E-state index is 0.280. The van der Waals surface area contributed by atoms with Crippen LogP contribution in [-0.4, -0.2) is 22.9 Å². The number of para-hydroxylation sites is 3. The molecule has 0 bridgehead atoms. The highest BCUT2D eigenvalue weighted by atomic mass is 35.5. The average molecular weight is 456 g/mol. The molecule has 2 amide bonds. The van der Waals surface area contributed by atoms with E-state index in [1.807, 2.05) is 66.7 Å². The van der Waals surface area contributed by atoms with Crippen LogP contribution in [0.5, 0.6) is 0 Å². The van der Waals surface area contributed by atoms with Crippen LogP contribution in [0.3, 0.4) is 0 Å². The number of amides is 2. The Morgan fingerprint density at radius 3 is 2.15 bits per heavy atom. The number of hydrogen-bond donors (Lipinski definition) is 0. The fourth-order valence-corrected chi connectivity index (χ4v) is 4.93. The van der Waals surface area contributed by atoms with Crippen molar-refractivity contribution in [2.24, 2.45) is 5.92 Å². The predicted octanol–water partition coefficient (Wildman–Crippen LogP) is 4.94. The molecule has 7 heteroatoms. The van der Waals surface area contributed by atoms with Crippen molar-refractivity contribution in [3.05, 3.63) is 102 Å². The largest absolute Gasteiger partial charge is 0.273 e. The maximum absolute atomic E-state index is 13.7. The molecule has 2 aliphatic rings. The van der Waals surface area contributed by atoms with Crippen molar-refractivity contribution < 1.29 is 14.4 Å². The molecule has 3 heterocycles. The molecule has 0 N–H and O–H groups in total. The van der Waals surface area contributed by atoms with Crippen molar-refractivity contribution in [3.63, 3.8) is 0 Å². The molecule has 0 spiro atoms. The number of nitrogens with zero attached hydrogens (tertiary/aromatic N) is 3. The van der Waals surface area contributed by atoms with Gasteiger partial charge in [0.15, 0.2) is 6.10 Å². The zero-order valence-electron chi connectivity index (χ0n) is 17.3. The zero-order chi connectivity index (χ0) is 22.5. The fourth-order valence-electron chi connectivity index (χ4n) is 4.68. The summed E-state index contributed by atoms with van der Waals surface area (Å²) in [5, 5.41) is 2.80. The van der Waals surface area contributed by atoms with Crippen molar-refractivity contribution in [1.82, 2.24) is 4.98 Å². The molecule has 4 aromatic rings. The van der Waals surface area contributed by atoms with Gasteiger partial charge in [0.2, 0.25) is 5.91 Å². The van der Waals surface area contributed by atoms with Crippen LogP contribution in [0.1, 0.15) is 11.6 Å². The van der Waals surface area contributed by atoms with Gasteiger partial charge in [0.05, 0.1) is 22.9 Å². The number of carbonyl (C=O) groups excluding carboxylic acids is 2. The Balaban J connectivity index is 1.51. The Kier molecular flexibility index (Phi) is 4.64. The van der Waals surface area contributed by atoms with Gasteiger partial charge in [0.1, 0.15) is 11.1 Å². The number of hydroxylamine groups is 1. The number of fused-ring (bicyclic) bond motifs is 2. The highest BCUT2D eigenvalue weighted by Gasteiger charge is 2.60. The number of benzene rings is 3. The SMILES string of the molecule is O=C1[C@H]2[C@@H](c3cc4ccccc4nc3Cl)N(c3ccccc3)O[C@H]2C(=O)N1c1ccccc1. The average Bonchev–Trinajstić information content (AvgIpc) is 3.35. The van der Waals surface area contributed by atoms with Gasteiger partial charge >= 0.3 is 0 Å². The number of pyridine rings is 1. The van der Waals surface area contributed by atoms with Gasteiger partial charge in [-0.3, -0.25) is 14.4 Å². The third-order valence-corrected chi connectivity index (χ3v) is 6.47. The molecule has 0 aliphatic carbocycles. The van der Waals surface area contributed by atoms with Crippen molar-refractivity contribution in [2.45, 2.75) is 12.1 Å². The minimum atomic E-state index is -0.953. The molecule has 0 saturated carbocycles. The number of aromatic nitrogens is 1. The highest BCUT2D eigenvalue weighted by Crippen LogP contribution is 2.49. The highest BCUT2D eigenvalue weighted by molar-refractivity contribution is 6.31. The molecule has 3 atom stereocenters.